The second-order valence-electron chi connectivity index (χ2n) is 8.15. The lowest BCUT2D eigenvalue weighted by atomic mass is 9.79. The lowest BCUT2D eigenvalue weighted by Gasteiger charge is -2.48. The standard InChI is InChI=1S/C22H31N5O2S/c1-18-24-25-21(27(18)19-8-4-2-5-9-19)30-16-20(28)23-17-22(10-6-3-7-11-22)26-12-14-29-15-13-26/h2,4-5,8-9H,3,6-7,10-17H2,1H3,(H,23,28). The number of benzene rings is 1. The molecule has 30 heavy (non-hydrogen) atoms. The molecule has 1 aromatic carbocycles. The highest BCUT2D eigenvalue weighted by Gasteiger charge is 2.38. The van der Waals surface area contributed by atoms with Gasteiger partial charge in [-0.3, -0.25) is 14.3 Å². The summed E-state index contributed by atoms with van der Waals surface area (Å²) in [4.78, 5) is 15.3. The summed E-state index contributed by atoms with van der Waals surface area (Å²) in [5, 5.41) is 12.5. The number of thioether (sulfide) groups is 1. The highest BCUT2D eigenvalue weighted by molar-refractivity contribution is 7.99. The fraction of sp³-hybridized carbons (Fsp3) is 0.591. The molecular weight excluding hydrogens is 398 g/mol. The van der Waals surface area contributed by atoms with Crippen LogP contribution in [0, 0.1) is 6.92 Å². The summed E-state index contributed by atoms with van der Waals surface area (Å²) in [6.07, 6.45) is 6.08. The first-order valence-corrected chi connectivity index (χ1v) is 11.9. The number of nitrogens with one attached hydrogen (secondary N) is 1. The second kappa shape index (κ2) is 9.94. The van der Waals surface area contributed by atoms with Gasteiger partial charge in [-0.1, -0.05) is 49.2 Å². The molecule has 1 aliphatic carbocycles. The summed E-state index contributed by atoms with van der Waals surface area (Å²) in [5.74, 6) is 1.21. The summed E-state index contributed by atoms with van der Waals surface area (Å²) in [7, 11) is 0. The van der Waals surface area contributed by atoms with Gasteiger partial charge in [0.05, 0.1) is 19.0 Å². The maximum absolute atomic E-state index is 12.7. The molecule has 7 nitrogen and oxygen atoms in total. The Kier molecular flexibility index (Phi) is 7.07. The van der Waals surface area contributed by atoms with E-state index in [-0.39, 0.29) is 11.4 Å². The number of amides is 1. The van der Waals surface area contributed by atoms with Crippen LogP contribution >= 0.6 is 11.8 Å². The highest BCUT2D eigenvalue weighted by atomic mass is 32.2. The Morgan fingerprint density at radius 3 is 2.60 bits per heavy atom. The zero-order valence-electron chi connectivity index (χ0n) is 17.7. The third-order valence-corrected chi connectivity index (χ3v) is 7.15. The number of rotatable bonds is 7. The fourth-order valence-corrected chi connectivity index (χ4v) is 5.43. The Labute approximate surface area is 182 Å². The minimum Gasteiger partial charge on any atom is -0.379 e. The van der Waals surface area contributed by atoms with E-state index in [0.29, 0.717) is 5.75 Å². The number of hydrogen-bond donors (Lipinski definition) is 1. The van der Waals surface area contributed by atoms with Gasteiger partial charge in [-0.05, 0) is 31.9 Å². The lowest BCUT2D eigenvalue weighted by molar-refractivity contribution is -0.119. The molecule has 2 fully saturated rings. The third-order valence-electron chi connectivity index (χ3n) is 6.22. The van der Waals surface area contributed by atoms with E-state index in [1.54, 1.807) is 0 Å². The second-order valence-corrected chi connectivity index (χ2v) is 9.09. The first kappa shape index (κ1) is 21.3. The number of carbonyl (C=O) groups is 1. The molecule has 1 amide bonds. The van der Waals surface area contributed by atoms with E-state index in [1.165, 1.54) is 31.0 Å². The molecule has 1 aromatic heterocycles. The summed E-state index contributed by atoms with van der Waals surface area (Å²) < 4.78 is 7.55. The smallest absolute Gasteiger partial charge is 0.230 e. The van der Waals surface area contributed by atoms with E-state index in [4.69, 9.17) is 4.74 Å². The summed E-state index contributed by atoms with van der Waals surface area (Å²) in [6, 6.07) is 10.0. The predicted molar refractivity (Wildman–Crippen MR) is 118 cm³/mol. The molecule has 2 aromatic rings. The Morgan fingerprint density at radius 2 is 1.87 bits per heavy atom. The van der Waals surface area contributed by atoms with E-state index in [9.17, 15) is 4.79 Å². The molecule has 0 unspecified atom stereocenters. The number of aryl methyl sites for hydroxylation is 1. The van der Waals surface area contributed by atoms with Crippen LogP contribution in [0.25, 0.3) is 5.69 Å². The van der Waals surface area contributed by atoms with Gasteiger partial charge in [0.1, 0.15) is 5.82 Å². The largest absolute Gasteiger partial charge is 0.379 e. The van der Waals surface area contributed by atoms with Gasteiger partial charge in [0.2, 0.25) is 5.91 Å². The van der Waals surface area contributed by atoms with Crippen LogP contribution in [0.15, 0.2) is 35.5 Å². The van der Waals surface area contributed by atoms with Gasteiger partial charge in [0.15, 0.2) is 5.16 Å². The molecule has 2 heterocycles. The van der Waals surface area contributed by atoms with Gasteiger partial charge in [-0.25, -0.2) is 0 Å². The zero-order valence-corrected chi connectivity index (χ0v) is 18.5. The minimum atomic E-state index is 0.0541. The number of hydrogen-bond acceptors (Lipinski definition) is 6. The Balaban J connectivity index is 1.36. The van der Waals surface area contributed by atoms with E-state index in [1.807, 2.05) is 41.8 Å². The van der Waals surface area contributed by atoms with Crippen LogP contribution in [0.2, 0.25) is 0 Å². The molecule has 0 radical (unpaired) electrons. The van der Waals surface area contributed by atoms with Gasteiger partial charge < -0.3 is 10.1 Å². The van der Waals surface area contributed by atoms with Crippen molar-refractivity contribution in [3.8, 4) is 5.69 Å². The van der Waals surface area contributed by atoms with Gasteiger partial charge >= 0.3 is 0 Å². The van der Waals surface area contributed by atoms with Crippen LogP contribution in [0.1, 0.15) is 37.9 Å². The summed E-state index contributed by atoms with van der Waals surface area (Å²) >= 11 is 1.44. The van der Waals surface area contributed by atoms with Gasteiger partial charge in [0, 0.05) is 30.9 Å². The van der Waals surface area contributed by atoms with Crippen molar-refractivity contribution in [2.24, 2.45) is 0 Å². The first-order chi connectivity index (χ1) is 14.7. The van der Waals surface area contributed by atoms with E-state index < -0.39 is 0 Å². The van der Waals surface area contributed by atoms with Gasteiger partial charge in [-0.15, -0.1) is 10.2 Å². The van der Waals surface area contributed by atoms with Crippen molar-refractivity contribution in [2.75, 3.05) is 38.6 Å². The van der Waals surface area contributed by atoms with Crippen molar-refractivity contribution < 1.29 is 9.53 Å². The van der Waals surface area contributed by atoms with Crippen molar-refractivity contribution in [1.82, 2.24) is 25.0 Å². The Hall–Kier alpha value is -1.90. The lowest BCUT2D eigenvalue weighted by Crippen LogP contribution is -2.59. The summed E-state index contributed by atoms with van der Waals surface area (Å²) in [5.41, 5.74) is 1.10. The molecule has 1 saturated carbocycles. The third kappa shape index (κ3) is 4.87. The van der Waals surface area contributed by atoms with Gasteiger partial charge in [0.25, 0.3) is 0 Å². The number of aromatic nitrogens is 3. The molecule has 8 heteroatoms. The number of para-hydroxylation sites is 1. The van der Waals surface area contributed by atoms with Crippen LogP contribution in [-0.4, -0.2) is 69.7 Å². The van der Waals surface area contributed by atoms with Crippen LogP contribution in [0.3, 0.4) is 0 Å². The average molecular weight is 430 g/mol. The molecule has 1 N–H and O–H groups in total. The van der Waals surface area contributed by atoms with Crippen molar-refractivity contribution in [2.45, 2.75) is 49.7 Å². The maximum Gasteiger partial charge on any atom is 0.230 e. The Bertz CT molecular complexity index is 829. The van der Waals surface area contributed by atoms with E-state index in [0.717, 1.165) is 62.4 Å². The van der Waals surface area contributed by atoms with Crippen LogP contribution in [0.4, 0.5) is 0 Å². The van der Waals surface area contributed by atoms with Crippen molar-refractivity contribution in [3.63, 3.8) is 0 Å². The topological polar surface area (TPSA) is 72.3 Å². The quantitative estimate of drug-likeness (QED) is 0.683. The predicted octanol–water partition coefficient (Wildman–Crippen LogP) is 2.82. The molecule has 0 atom stereocenters. The van der Waals surface area contributed by atoms with E-state index >= 15 is 0 Å². The van der Waals surface area contributed by atoms with Crippen LogP contribution < -0.4 is 5.32 Å². The first-order valence-electron chi connectivity index (χ1n) is 10.9. The van der Waals surface area contributed by atoms with Crippen LogP contribution in [-0.2, 0) is 9.53 Å². The fourth-order valence-electron chi connectivity index (χ4n) is 4.61. The number of ether oxygens (including phenoxy) is 1. The van der Waals surface area contributed by atoms with Crippen molar-refractivity contribution >= 4 is 17.7 Å². The maximum atomic E-state index is 12.7. The van der Waals surface area contributed by atoms with Gasteiger partial charge in [-0.2, -0.15) is 0 Å². The number of carbonyl (C=O) groups excluding carboxylic acids is 1. The number of nitrogens with zero attached hydrogens (tertiary/aromatic N) is 4. The molecule has 4 rings (SSSR count). The van der Waals surface area contributed by atoms with Crippen molar-refractivity contribution in [1.29, 1.82) is 0 Å². The van der Waals surface area contributed by atoms with Crippen molar-refractivity contribution in [3.05, 3.63) is 36.2 Å². The SMILES string of the molecule is Cc1nnc(SCC(=O)NCC2(N3CCOCC3)CCCCC2)n1-c1ccccc1. The highest BCUT2D eigenvalue weighted by Crippen LogP contribution is 2.34. The molecule has 0 spiro atoms. The Morgan fingerprint density at radius 1 is 1.13 bits per heavy atom. The molecule has 162 valence electrons. The molecule has 1 aliphatic heterocycles. The average Bonchev–Trinajstić information content (AvgIpc) is 3.18. The molecule has 2 aliphatic rings. The monoisotopic (exact) mass is 429 g/mol. The van der Waals surface area contributed by atoms with Crippen LogP contribution in [0.5, 0.6) is 0 Å². The van der Waals surface area contributed by atoms with E-state index in [2.05, 4.69) is 20.4 Å². The normalized spacial score (nSPS) is 19.5. The molecule has 1 saturated heterocycles. The minimum absolute atomic E-state index is 0.0541. The zero-order chi connectivity index (χ0) is 20.8. The molecular formula is C22H31N5O2S. The molecule has 0 bridgehead atoms. The number of morpholine rings is 1. The summed E-state index contributed by atoms with van der Waals surface area (Å²) in [6.45, 7) is 6.16.